The summed E-state index contributed by atoms with van der Waals surface area (Å²) in [6.45, 7) is 2.86. The van der Waals surface area contributed by atoms with E-state index in [1.54, 1.807) is 35.2 Å². The highest BCUT2D eigenvalue weighted by Gasteiger charge is 2.31. The maximum Gasteiger partial charge on any atom is 0.256 e. The third kappa shape index (κ3) is 3.65. The van der Waals surface area contributed by atoms with Gasteiger partial charge in [-0.05, 0) is 18.6 Å². The number of nitrogens with zero attached hydrogens (tertiary/aromatic N) is 3. The number of hydrogen-bond donors (Lipinski definition) is 1. The minimum atomic E-state index is -1.13. The smallest absolute Gasteiger partial charge is 0.256 e. The molecule has 6 heteroatoms. The van der Waals surface area contributed by atoms with Crippen LogP contribution in [0.15, 0.2) is 42.5 Å². The lowest BCUT2D eigenvalue weighted by atomic mass is 10.1. The molecular weight excluding hydrogens is 294 g/mol. The summed E-state index contributed by atoms with van der Waals surface area (Å²) in [5.74, 6) is 0.163. The molecule has 0 radical (unpaired) electrons. The molecule has 0 bridgehead atoms. The highest BCUT2D eigenvalue weighted by molar-refractivity contribution is 5.82. The maximum atomic E-state index is 12.4. The largest absolute Gasteiger partial charge is 0.471 e. The minimum Gasteiger partial charge on any atom is -0.471 e. The number of carbonyl (C=O) groups is 1. The van der Waals surface area contributed by atoms with E-state index in [1.165, 1.54) is 0 Å². The molecule has 120 valence electrons. The Morgan fingerprint density at radius 2 is 2.04 bits per heavy atom. The molecule has 1 saturated heterocycles. The van der Waals surface area contributed by atoms with Crippen LogP contribution in [0.3, 0.4) is 0 Å². The lowest BCUT2D eigenvalue weighted by Crippen LogP contribution is -2.34. The molecule has 6 nitrogen and oxygen atoms in total. The van der Waals surface area contributed by atoms with Crippen LogP contribution in [0.1, 0.15) is 23.8 Å². The Labute approximate surface area is 134 Å². The molecule has 1 aromatic heterocycles. The fourth-order valence-corrected chi connectivity index (χ4v) is 2.60. The number of carbonyl (C=O) groups excluding carboxylic acids is 1. The zero-order valence-electron chi connectivity index (χ0n) is 12.9. The van der Waals surface area contributed by atoms with Crippen molar-refractivity contribution in [3.63, 3.8) is 0 Å². The Kier molecular flexibility index (Phi) is 4.52. The third-order valence-electron chi connectivity index (χ3n) is 3.87. The van der Waals surface area contributed by atoms with Crippen molar-refractivity contribution in [2.75, 3.05) is 13.1 Å². The predicted molar refractivity (Wildman–Crippen MR) is 83.8 cm³/mol. The standard InChI is InChI=1S/C17H19N3O3/c1-12-7-8-15(19-18-12)23-14-9-10-20(11-14)17(22)16(21)13-5-3-2-4-6-13/h2-8,14,16,21H,9-11H2,1H3/t14-,16-/m0/s1. The second kappa shape index (κ2) is 6.75. The molecule has 1 aliphatic rings. The van der Waals surface area contributed by atoms with Crippen LogP contribution in [-0.4, -0.2) is 45.3 Å². The molecule has 1 fully saturated rings. The van der Waals surface area contributed by atoms with E-state index in [2.05, 4.69) is 10.2 Å². The van der Waals surface area contributed by atoms with E-state index in [1.807, 2.05) is 19.1 Å². The number of aliphatic hydroxyl groups is 1. The van der Waals surface area contributed by atoms with Gasteiger partial charge in [0.1, 0.15) is 6.10 Å². The van der Waals surface area contributed by atoms with Crippen molar-refractivity contribution in [2.45, 2.75) is 25.6 Å². The van der Waals surface area contributed by atoms with Crippen LogP contribution in [0.2, 0.25) is 0 Å². The summed E-state index contributed by atoms with van der Waals surface area (Å²) in [6.07, 6.45) is -0.545. The number of amides is 1. The summed E-state index contributed by atoms with van der Waals surface area (Å²) in [5.41, 5.74) is 1.43. The second-order valence-corrected chi connectivity index (χ2v) is 5.64. The Balaban J connectivity index is 1.58. The van der Waals surface area contributed by atoms with Crippen molar-refractivity contribution in [2.24, 2.45) is 0 Å². The number of hydrogen-bond acceptors (Lipinski definition) is 5. The Hall–Kier alpha value is -2.47. The molecule has 1 amide bonds. The van der Waals surface area contributed by atoms with Crippen molar-refractivity contribution in [3.05, 3.63) is 53.7 Å². The average molecular weight is 313 g/mol. The summed E-state index contributed by atoms with van der Waals surface area (Å²) in [5, 5.41) is 18.1. The van der Waals surface area contributed by atoms with Gasteiger partial charge in [0.2, 0.25) is 5.88 Å². The number of aryl methyl sites for hydroxylation is 1. The van der Waals surface area contributed by atoms with Crippen LogP contribution in [-0.2, 0) is 4.79 Å². The van der Waals surface area contributed by atoms with Crippen molar-refractivity contribution in [3.8, 4) is 5.88 Å². The zero-order chi connectivity index (χ0) is 16.2. The lowest BCUT2D eigenvalue weighted by molar-refractivity contribution is -0.139. The van der Waals surface area contributed by atoms with Crippen molar-refractivity contribution < 1.29 is 14.6 Å². The summed E-state index contributed by atoms with van der Waals surface area (Å²) in [6, 6.07) is 12.5. The first-order valence-electron chi connectivity index (χ1n) is 7.62. The van der Waals surface area contributed by atoms with Gasteiger partial charge in [-0.25, -0.2) is 0 Å². The topological polar surface area (TPSA) is 75.5 Å². The third-order valence-corrected chi connectivity index (χ3v) is 3.87. The molecular formula is C17H19N3O3. The van der Waals surface area contributed by atoms with Gasteiger partial charge in [0.25, 0.3) is 5.91 Å². The van der Waals surface area contributed by atoms with Gasteiger partial charge in [0.05, 0.1) is 12.2 Å². The van der Waals surface area contributed by atoms with E-state index in [9.17, 15) is 9.90 Å². The van der Waals surface area contributed by atoms with Crippen LogP contribution in [0.5, 0.6) is 5.88 Å². The second-order valence-electron chi connectivity index (χ2n) is 5.64. The molecule has 0 spiro atoms. The van der Waals surface area contributed by atoms with Crippen LogP contribution >= 0.6 is 0 Å². The Bertz CT molecular complexity index is 661. The van der Waals surface area contributed by atoms with Gasteiger partial charge in [0.15, 0.2) is 6.10 Å². The van der Waals surface area contributed by atoms with Crippen LogP contribution in [0, 0.1) is 6.92 Å². The van der Waals surface area contributed by atoms with Crippen molar-refractivity contribution >= 4 is 5.91 Å². The van der Waals surface area contributed by atoms with Gasteiger partial charge in [-0.3, -0.25) is 4.79 Å². The summed E-state index contributed by atoms with van der Waals surface area (Å²) < 4.78 is 5.75. The zero-order valence-corrected chi connectivity index (χ0v) is 12.9. The summed E-state index contributed by atoms with van der Waals surface area (Å²) in [4.78, 5) is 14.0. The lowest BCUT2D eigenvalue weighted by Gasteiger charge is -2.20. The van der Waals surface area contributed by atoms with Gasteiger partial charge in [0, 0.05) is 19.0 Å². The van der Waals surface area contributed by atoms with E-state index in [-0.39, 0.29) is 12.0 Å². The van der Waals surface area contributed by atoms with Crippen LogP contribution < -0.4 is 4.74 Å². The first kappa shape index (κ1) is 15.4. The van der Waals surface area contributed by atoms with Gasteiger partial charge in [-0.15, -0.1) is 5.10 Å². The molecule has 1 aromatic carbocycles. The van der Waals surface area contributed by atoms with E-state index >= 15 is 0 Å². The quantitative estimate of drug-likeness (QED) is 0.926. The molecule has 3 rings (SSSR count). The highest BCUT2D eigenvalue weighted by Crippen LogP contribution is 2.21. The molecule has 1 aliphatic heterocycles. The molecule has 23 heavy (non-hydrogen) atoms. The minimum absolute atomic E-state index is 0.126. The normalized spacial score (nSPS) is 18.7. The van der Waals surface area contributed by atoms with E-state index in [0.717, 1.165) is 5.69 Å². The van der Waals surface area contributed by atoms with Crippen LogP contribution in [0.4, 0.5) is 0 Å². The first-order chi connectivity index (χ1) is 11.1. The van der Waals surface area contributed by atoms with E-state index < -0.39 is 6.10 Å². The van der Waals surface area contributed by atoms with Gasteiger partial charge in [-0.1, -0.05) is 30.3 Å². The van der Waals surface area contributed by atoms with Gasteiger partial charge >= 0.3 is 0 Å². The molecule has 2 aromatic rings. The number of aliphatic hydroxyl groups excluding tert-OH is 1. The fraction of sp³-hybridized carbons (Fsp3) is 0.353. The summed E-state index contributed by atoms with van der Waals surface area (Å²) in [7, 11) is 0. The molecule has 1 N–H and O–H groups in total. The fourth-order valence-electron chi connectivity index (χ4n) is 2.60. The Morgan fingerprint density at radius 3 is 2.74 bits per heavy atom. The van der Waals surface area contributed by atoms with E-state index in [4.69, 9.17) is 4.74 Å². The van der Waals surface area contributed by atoms with E-state index in [0.29, 0.717) is 31.0 Å². The molecule has 0 saturated carbocycles. The molecule has 2 heterocycles. The SMILES string of the molecule is Cc1ccc(O[C@H]2CCN(C(=O)[C@@H](O)c3ccccc3)C2)nn1. The highest BCUT2D eigenvalue weighted by atomic mass is 16.5. The number of rotatable bonds is 4. The van der Waals surface area contributed by atoms with Gasteiger partial charge in [-0.2, -0.15) is 5.10 Å². The molecule has 0 unspecified atom stereocenters. The number of likely N-dealkylation sites (tertiary alicyclic amines) is 1. The molecule has 0 aliphatic carbocycles. The summed E-state index contributed by atoms with van der Waals surface area (Å²) >= 11 is 0. The first-order valence-corrected chi connectivity index (χ1v) is 7.62. The van der Waals surface area contributed by atoms with Crippen molar-refractivity contribution in [1.29, 1.82) is 0 Å². The van der Waals surface area contributed by atoms with Gasteiger partial charge < -0.3 is 14.7 Å². The number of benzene rings is 1. The average Bonchev–Trinajstić information content (AvgIpc) is 3.05. The Morgan fingerprint density at radius 1 is 1.26 bits per heavy atom. The monoisotopic (exact) mass is 313 g/mol. The van der Waals surface area contributed by atoms with Crippen molar-refractivity contribution in [1.82, 2.24) is 15.1 Å². The van der Waals surface area contributed by atoms with Crippen LogP contribution in [0.25, 0.3) is 0 Å². The maximum absolute atomic E-state index is 12.4. The predicted octanol–water partition coefficient (Wildman–Crippen LogP) is 1.50. The number of ether oxygens (including phenoxy) is 1. The number of aromatic nitrogens is 2. The molecule has 2 atom stereocenters.